The zero-order valence-corrected chi connectivity index (χ0v) is 40.7. The highest BCUT2D eigenvalue weighted by Gasteiger charge is 2.56. The van der Waals surface area contributed by atoms with Gasteiger partial charge in [-0.1, -0.05) is 0 Å². The second-order valence-electron chi connectivity index (χ2n) is 14.7. The van der Waals surface area contributed by atoms with Gasteiger partial charge < -0.3 is 77.8 Å². The lowest BCUT2D eigenvalue weighted by molar-refractivity contribution is 0.0800. The third kappa shape index (κ3) is 16.7. The largest absolute Gasteiger partial charge is 0.553 e. The van der Waals surface area contributed by atoms with Crippen molar-refractivity contribution >= 4 is 91.6 Å². The zero-order chi connectivity index (χ0) is 36.6. The average Bonchev–Trinajstić information content (AvgIpc) is 3.86. The average molecular weight is 909 g/mol. The normalized spacial score (nSPS) is 27.7. The molecule has 28 heteroatoms. The lowest BCUT2D eigenvalue weighted by Crippen LogP contribution is -2.64. The Balaban J connectivity index is 1.09. The molecule has 0 aromatic carbocycles. The van der Waals surface area contributed by atoms with Crippen LogP contribution in [0.2, 0.25) is 57.4 Å². The molecule has 3 atom stereocenters. The molecule has 0 aliphatic carbocycles. The van der Waals surface area contributed by atoms with Gasteiger partial charge in [-0.05, 0) is 76.7 Å². The molecule has 6 fully saturated rings. The molecule has 295 valence electrons. The molecule has 3 unspecified atom stereocenters. The first-order valence-corrected chi connectivity index (χ1v) is 35.6. The summed E-state index contributed by atoms with van der Waals surface area (Å²) >= 11 is 0. The van der Waals surface area contributed by atoms with Crippen LogP contribution in [0.3, 0.4) is 0 Å². The standard InChI is InChI=1S/C24H51O18Si10/c1-50(2,13-7-10-25-16-22-19-28-22)40-47-34-44-31-43-32-45(35-47)37-49(42-52(5,6)15-9-12-27-18-24-21-30-24)39-46(33-43)38-48(36-44)41-51(3,4)14-8-11-26-17-23-20-29-23/h22-24H,7-21H2,1-6H3. The molecule has 6 rings (SSSR count). The van der Waals surface area contributed by atoms with E-state index in [2.05, 4.69) is 39.3 Å². The van der Waals surface area contributed by atoms with Crippen LogP contribution in [-0.2, 0) is 77.8 Å². The van der Waals surface area contributed by atoms with Gasteiger partial charge in [-0.15, -0.1) is 0 Å². The Hall–Kier alpha value is 1.45. The lowest BCUT2D eigenvalue weighted by atomic mass is 10.5. The van der Waals surface area contributed by atoms with Gasteiger partial charge in [-0.2, -0.15) is 0 Å². The first kappa shape index (κ1) is 43.0. The molecule has 0 aromatic rings. The maximum Gasteiger partial charge on any atom is 0.553 e. The third-order valence-corrected chi connectivity index (χ3v) is 33.2. The van der Waals surface area contributed by atoms with Crippen molar-refractivity contribution in [1.82, 2.24) is 0 Å². The maximum absolute atomic E-state index is 6.63. The second-order valence-corrected chi connectivity index (χ2v) is 40.0. The summed E-state index contributed by atoms with van der Waals surface area (Å²) in [6.07, 6.45) is 3.22. The Morgan fingerprint density at radius 1 is 0.423 bits per heavy atom. The molecule has 52 heavy (non-hydrogen) atoms. The summed E-state index contributed by atoms with van der Waals surface area (Å²) in [5.41, 5.74) is 0. The zero-order valence-electron chi connectivity index (χ0n) is 30.7. The molecule has 18 nitrogen and oxygen atoms in total. The molecule has 4 bridgehead atoms. The highest BCUT2D eigenvalue weighted by Crippen LogP contribution is 2.27. The van der Waals surface area contributed by atoms with Gasteiger partial charge in [0.1, 0.15) is 18.3 Å². The fourth-order valence-corrected chi connectivity index (χ4v) is 30.7. The highest BCUT2D eigenvalue weighted by atomic mass is 28.6. The van der Waals surface area contributed by atoms with Crippen molar-refractivity contribution in [3.05, 3.63) is 0 Å². The molecule has 6 aliphatic rings. The number of hydrogen-bond acceptors (Lipinski definition) is 18. The summed E-state index contributed by atoms with van der Waals surface area (Å²) in [6.45, 7) is 18.8. The summed E-state index contributed by atoms with van der Waals surface area (Å²) in [4.78, 5) is 0. The van der Waals surface area contributed by atoms with E-state index in [0.717, 1.165) is 57.2 Å². The maximum atomic E-state index is 6.63. The van der Waals surface area contributed by atoms with Crippen LogP contribution in [0.4, 0.5) is 0 Å². The van der Waals surface area contributed by atoms with Crippen LogP contribution in [-0.4, -0.2) is 169 Å². The molecule has 0 spiro atoms. The first-order valence-electron chi connectivity index (χ1n) is 17.7. The van der Waals surface area contributed by atoms with Crippen LogP contribution < -0.4 is 0 Å². The highest BCUT2D eigenvalue weighted by molar-refractivity contribution is 6.84. The minimum absolute atomic E-state index is 0.236. The first-order chi connectivity index (χ1) is 24.9. The number of ether oxygens (including phenoxy) is 6. The van der Waals surface area contributed by atoms with Crippen LogP contribution in [0.25, 0.3) is 0 Å². The van der Waals surface area contributed by atoms with Gasteiger partial charge in [0.15, 0.2) is 25.0 Å². The molecule has 0 aromatic heterocycles. The number of hydrogen-bond donors (Lipinski definition) is 0. The van der Waals surface area contributed by atoms with E-state index in [9.17, 15) is 0 Å². The summed E-state index contributed by atoms with van der Waals surface area (Å²) in [5, 5.41) is 0. The van der Waals surface area contributed by atoms with Crippen LogP contribution in [0, 0.1) is 0 Å². The van der Waals surface area contributed by atoms with Crippen molar-refractivity contribution in [2.45, 2.75) is 95.0 Å². The second kappa shape index (κ2) is 20.4. The van der Waals surface area contributed by atoms with E-state index in [1.165, 1.54) is 0 Å². The molecule has 0 amide bonds. The van der Waals surface area contributed by atoms with E-state index in [-0.39, 0.29) is 18.3 Å². The van der Waals surface area contributed by atoms with Gasteiger partial charge in [-0.25, -0.2) is 0 Å². The Bertz CT molecular complexity index is 935. The van der Waals surface area contributed by atoms with Crippen LogP contribution in [0.5, 0.6) is 0 Å². The Morgan fingerprint density at radius 3 is 0.923 bits per heavy atom. The van der Waals surface area contributed by atoms with Crippen molar-refractivity contribution in [1.29, 1.82) is 0 Å². The van der Waals surface area contributed by atoms with Gasteiger partial charge >= 0.3 is 66.7 Å². The van der Waals surface area contributed by atoms with E-state index in [0.29, 0.717) is 39.6 Å². The summed E-state index contributed by atoms with van der Waals surface area (Å²) in [6, 6.07) is 2.48. The fraction of sp³-hybridized carbons (Fsp3) is 1.00. The van der Waals surface area contributed by atoms with Crippen molar-refractivity contribution in [3.8, 4) is 0 Å². The monoisotopic (exact) mass is 907 g/mol. The van der Waals surface area contributed by atoms with Gasteiger partial charge in [0, 0.05) is 19.8 Å². The smallest absolute Gasteiger partial charge is 0.414 e. The van der Waals surface area contributed by atoms with E-state index < -0.39 is 91.6 Å². The number of fused-ring (bicyclic) bond motifs is 3. The topological polar surface area (TPSA) is 176 Å². The molecule has 6 aliphatic heterocycles. The van der Waals surface area contributed by atoms with E-state index in [1.807, 2.05) is 0 Å². The number of rotatable bonds is 24. The third-order valence-electron chi connectivity index (χ3n) is 7.90. The SMILES string of the molecule is C[Si](C)(CCCOCC1CO1)O[Si]1O[Si]2O[Si]3O[Si](O1)O[Si](O[Si](C)(C)CCCOCC1CO1)O[Si](O3)O[Si](O[Si](C)(C)CCCOCC1CO1)O2. The molecular formula is C24H51O18Si10. The van der Waals surface area contributed by atoms with Gasteiger partial charge in [-0.3, -0.25) is 0 Å². The minimum Gasteiger partial charge on any atom is -0.414 e. The van der Waals surface area contributed by atoms with Gasteiger partial charge in [0.25, 0.3) is 0 Å². The molecule has 0 saturated carbocycles. The summed E-state index contributed by atoms with van der Waals surface area (Å²) in [7, 11) is -24.4. The molecule has 7 radical (unpaired) electrons. The van der Waals surface area contributed by atoms with Crippen LogP contribution >= 0.6 is 0 Å². The van der Waals surface area contributed by atoms with Crippen molar-refractivity contribution in [2.24, 2.45) is 0 Å². The lowest BCUT2D eigenvalue weighted by Gasteiger charge is -2.38. The van der Waals surface area contributed by atoms with Crippen molar-refractivity contribution in [2.75, 3.05) is 59.5 Å². The Labute approximate surface area is 322 Å². The molecule has 6 heterocycles. The fourth-order valence-electron chi connectivity index (χ4n) is 4.82. The molecular weight excluding hydrogens is 857 g/mol. The minimum atomic E-state index is -2.52. The summed E-state index contributed by atoms with van der Waals surface area (Å²) in [5.74, 6) is 0. The quantitative estimate of drug-likeness (QED) is 0.0766. The predicted molar refractivity (Wildman–Crippen MR) is 196 cm³/mol. The van der Waals surface area contributed by atoms with Gasteiger partial charge in [0.2, 0.25) is 0 Å². The van der Waals surface area contributed by atoms with Crippen molar-refractivity contribution in [3.63, 3.8) is 0 Å². The van der Waals surface area contributed by atoms with E-state index >= 15 is 0 Å². The molecule has 0 N–H and O–H groups in total. The van der Waals surface area contributed by atoms with Crippen LogP contribution in [0.15, 0.2) is 0 Å². The summed E-state index contributed by atoms with van der Waals surface area (Å²) < 4.78 is 110. The van der Waals surface area contributed by atoms with Crippen molar-refractivity contribution < 1.29 is 77.8 Å². The number of epoxide rings is 3. The van der Waals surface area contributed by atoms with Crippen LogP contribution in [0.1, 0.15) is 19.3 Å². The van der Waals surface area contributed by atoms with E-state index in [4.69, 9.17) is 77.8 Å². The van der Waals surface area contributed by atoms with Gasteiger partial charge in [0.05, 0.1) is 39.6 Å². The Kier molecular flexibility index (Phi) is 16.9. The molecule has 6 saturated heterocycles. The van der Waals surface area contributed by atoms with E-state index in [1.54, 1.807) is 0 Å². The predicted octanol–water partition coefficient (Wildman–Crippen LogP) is 1.15. The Morgan fingerprint density at radius 2 is 0.673 bits per heavy atom.